The number of aromatic hydroxyl groups is 2. The minimum Gasteiger partial charge on any atom is -0.508 e. The van der Waals surface area contributed by atoms with Gasteiger partial charge in [-0.15, -0.1) is 0 Å². The first-order chi connectivity index (χ1) is 7.00. The van der Waals surface area contributed by atoms with Crippen molar-refractivity contribution in [2.24, 2.45) is 0 Å². The molecule has 1 aromatic carbocycles. The van der Waals surface area contributed by atoms with E-state index in [9.17, 15) is 25.2 Å². The summed E-state index contributed by atoms with van der Waals surface area (Å²) >= 11 is 0. The number of hydrogen-bond acceptors (Lipinski definition) is 5. The van der Waals surface area contributed by atoms with E-state index < -0.39 is 18.0 Å². The van der Waals surface area contributed by atoms with Gasteiger partial charge in [-0.3, -0.25) is 4.79 Å². The van der Waals surface area contributed by atoms with Crippen LogP contribution in [0, 0.1) is 0 Å². The Labute approximate surface area is 85.2 Å². The summed E-state index contributed by atoms with van der Waals surface area (Å²) in [6, 6.07) is 2.20. The molecule has 1 aromatic rings. The van der Waals surface area contributed by atoms with Crippen LogP contribution in [0.5, 0.6) is 11.5 Å². The predicted molar refractivity (Wildman–Crippen MR) is 49.7 cm³/mol. The summed E-state index contributed by atoms with van der Waals surface area (Å²) < 4.78 is 0. The number of hydrogen-bond donors (Lipinski definition) is 4. The zero-order chi connectivity index (χ0) is 11.2. The number of phenolic OH excluding ortho intramolecular Hbond substituents is 2. The number of Topliss-reactive ketones (excluding diaryl/α,β-unsaturated/α-hetero) is 1. The first kappa shape index (κ1) is 9.95. The molecule has 15 heavy (non-hydrogen) atoms. The smallest absolute Gasteiger partial charge is 0.169 e. The van der Waals surface area contributed by atoms with Crippen molar-refractivity contribution in [1.82, 2.24) is 0 Å². The van der Waals surface area contributed by atoms with E-state index in [1.54, 1.807) is 0 Å². The highest BCUT2D eigenvalue weighted by molar-refractivity contribution is 6.01. The lowest BCUT2D eigenvalue weighted by molar-refractivity contribution is 0.00834. The predicted octanol–water partition coefficient (Wildman–Crippen LogP) is 0.0785. The summed E-state index contributed by atoms with van der Waals surface area (Å²) in [7, 11) is 0. The van der Waals surface area contributed by atoms with Gasteiger partial charge in [-0.2, -0.15) is 0 Å². The van der Waals surface area contributed by atoms with E-state index in [4.69, 9.17) is 0 Å². The van der Waals surface area contributed by atoms with Crippen LogP contribution in [0.4, 0.5) is 0 Å². The summed E-state index contributed by atoms with van der Waals surface area (Å²) in [5.74, 6) is -1.08. The molecule has 5 heteroatoms. The highest BCUT2D eigenvalue weighted by Crippen LogP contribution is 2.37. The summed E-state index contributed by atoms with van der Waals surface area (Å²) in [4.78, 5) is 11.5. The Morgan fingerprint density at radius 2 is 1.87 bits per heavy atom. The molecule has 1 aliphatic carbocycles. The van der Waals surface area contributed by atoms with Crippen molar-refractivity contribution in [3.63, 3.8) is 0 Å². The molecule has 0 amide bonds. The molecule has 80 valence electrons. The van der Waals surface area contributed by atoms with Gasteiger partial charge in [-0.1, -0.05) is 0 Å². The standard InChI is InChI=1S/C10H10O5/c11-4-1-5-9(6(12)2-4)7(13)3-8(14)10(5)15/h1-2,8,10-12,14-15H,3H2/t8-,10+/m0/s1. The second-order valence-electron chi connectivity index (χ2n) is 3.57. The largest absolute Gasteiger partial charge is 0.508 e. The fourth-order valence-corrected chi connectivity index (χ4v) is 1.78. The van der Waals surface area contributed by atoms with Gasteiger partial charge in [-0.05, 0) is 6.07 Å². The van der Waals surface area contributed by atoms with Crippen molar-refractivity contribution < 1.29 is 25.2 Å². The van der Waals surface area contributed by atoms with Crippen LogP contribution in [-0.4, -0.2) is 32.3 Å². The van der Waals surface area contributed by atoms with Crippen LogP contribution >= 0.6 is 0 Å². The molecule has 2 atom stereocenters. The van der Waals surface area contributed by atoms with Gasteiger partial charge in [0.1, 0.15) is 17.6 Å². The maximum Gasteiger partial charge on any atom is 0.169 e. The van der Waals surface area contributed by atoms with Crippen molar-refractivity contribution in [1.29, 1.82) is 0 Å². The van der Waals surface area contributed by atoms with Gasteiger partial charge in [0.2, 0.25) is 0 Å². The second kappa shape index (κ2) is 3.22. The number of ketones is 1. The molecule has 0 heterocycles. The zero-order valence-electron chi connectivity index (χ0n) is 7.71. The normalized spacial score (nSPS) is 25.1. The van der Waals surface area contributed by atoms with Crippen molar-refractivity contribution in [3.05, 3.63) is 23.3 Å². The number of rotatable bonds is 0. The van der Waals surface area contributed by atoms with Crippen LogP contribution < -0.4 is 0 Å². The van der Waals surface area contributed by atoms with E-state index in [0.717, 1.165) is 6.07 Å². The Hall–Kier alpha value is -1.59. The number of benzene rings is 1. The van der Waals surface area contributed by atoms with E-state index in [-0.39, 0.29) is 29.0 Å². The third-order valence-electron chi connectivity index (χ3n) is 2.49. The van der Waals surface area contributed by atoms with Gasteiger partial charge in [0.25, 0.3) is 0 Å². The third kappa shape index (κ3) is 1.45. The first-order valence-electron chi connectivity index (χ1n) is 4.46. The Morgan fingerprint density at radius 3 is 2.53 bits per heavy atom. The van der Waals surface area contributed by atoms with E-state index in [0.29, 0.717) is 0 Å². The molecule has 0 saturated carbocycles. The number of carbonyl (C=O) groups is 1. The Balaban J connectivity index is 2.65. The molecule has 4 N–H and O–H groups in total. The molecule has 0 aromatic heterocycles. The molecule has 0 spiro atoms. The topological polar surface area (TPSA) is 98.0 Å². The lowest BCUT2D eigenvalue weighted by Gasteiger charge is -2.25. The Morgan fingerprint density at radius 1 is 1.20 bits per heavy atom. The Bertz CT molecular complexity index is 426. The monoisotopic (exact) mass is 210 g/mol. The van der Waals surface area contributed by atoms with Gasteiger partial charge >= 0.3 is 0 Å². The van der Waals surface area contributed by atoms with Crippen LogP contribution in [0.1, 0.15) is 28.4 Å². The van der Waals surface area contributed by atoms with Gasteiger partial charge in [-0.25, -0.2) is 0 Å². The van der Waals surface area contributed by atoms with Crippen LogP contribution in [0.2, 0.25) is 0 Å². The fraction of sp³-hybridized carbons (Fsp3) is 0.300. The van der Waals surface area contributed by atoms with E-state index >= 15 is 0 Å². The van der Waals surface area contributed by atoms with Crippen LogP contribution in [0.15, 0.2) is 12.1 Å². The number of aliphatic hydroxyl groups is 2. The average molecular weight is 210 g/mol. The van der Waals surface area contributed by atoms with Crippen LogP contribution in [0.25, 0.3) is 0 Å². The van der Waals surface area contributed by atoms with E-state index in [1.165, 1.54) is 6.07 Å². The van der Waals surface area contributed by atoms with E-state index in [2.05, 4.69) is 0 Å². The van der Waals surface area contributed by atoms with Crippen molar-refractivity contribution in [3.8, 4) is 11.5 Å². The van der Waals surface area contributed by atoms with Crippen LogP contribution in [0.3, 0.4) is 0 Å². The number of fused-ring (bicyclic) bond motifs is 1. The first-order valence-corrected chi connectivity index (χ1v) is 4.46. The van der Waals surface area contributed by atoms with Gasteiger partial charge < -0.3 is 20.4 Å². The van der Waals surface area contributed by atoms with Gasteiger partial charge in [0.05, 0.1) is 11.7 Å². The molecule has 0 saturated heterocycles. The minimum absolute atomic E-state index is 0.0226. The molecular weight excluding hydrogens is 200 g/mol. The van der Waals surface area contributed by atoms with Crippen LogP contribution in [-0.2, 0) is 0 Å². The highest BCUT2D eigenvalue weighted by atomic mass is 16.3. The molecule has 2 rings (SSSR count). The number of aliphatic hydroxyl groups excluding tert-OH is 2. The molecular formula is C10H10O5. The third-order valence-corrected chi connectivity index (χ3v) is 2.49. The highest BCUT2D eigenvalue weighted by Gasteiger charge is 2.33. The molecule has 5 nitrogen and oxygen atoms in total. The number of carbonyl (C=O) groups excluding carboxylic acids is 1. The summed E-state index contributed by atoms with van der Waals surface area (Å²) in [5, 5.41) is 37.5. The zero-order valence-corrected chi connectivity index (χ0v) is 7.71. The second-order valence-corrected chi connectivity index (χ2v) is 3.57. The molecule has 0 radical (unpaired) electrons. The molecule has 1 aliphatic rings. The lowest BCUT2D eigenvalue weighted by Crippen LogP contribution is -2.29. The molecule has 0 aliphatic heterocycles. The SMILES string of the molecule is O=C1C[C@H](O)[C@H](O)c2cc(O)cc(O)c21. The molecule has 0 bridgehead atoms. The summed E-state index contributed by atoms with van der Waals surface area (Å²) in [6.07, 6.45) is -2.67. The average Bonchev–Trinajstić information content (AvgIpc) is 2.12. The molecule has 0 unspecified atom stereocenters. The maximum absolute atomic E-state index is 11.5. The van der Waals surface area contributed by atoms with E-state index in [1.807, 2.05) is 0 Å². The minimum atomic E-state index is -1.25. The van der Waals surface area contributed by atoms with Gasteiger partial charge in [0.15, 0.2) is 5.78 Å². The number of phenols is 2. The molecule has 0 fully saturated rings. The Kier molecular flexibility index (Phi) is 2.13. The van der Waals surface area contributed by atoms with Crippen molar-refractivity contribution in [2.45, 2.75) is 18.6 Å². The van der Waals surface area contributed by atoms with Gasteiger partial charge in [0, 0.05) is 18.1 Å². The fourth-order valence-electron chi connectivity index (χ4n) is 1.78. The quantitative estimate of drug-likeness (QED) is 0.486. The van der Waals surface area contributed by atoms with Crippen molar-refractivity contribution >= 4 is 5.78 Å². The summed E-state index contributed by atoms with van der Waals surface area (Å²) in [5.41, 5.74) is 0.0434. The van der Waals surface area contributed by atoms with Crippen molar-refractivity contribution in [2.75, 3.05) is 0 Å². The lowest BCUT2D eigenvalue weighted by atomic mass is 9.86. The maximum atomic E-state index is 11.5. The summed E-state index contributed by atoms with van der Waals surface area (Å²) in [6.45, 7) is 0.